The van der Waals surface area contributed by atoms with Crippen LogP contribution in [0, 0.1) is 18.3 Å². The Labute approximate surface area is 103 Å². The highest BCUT2D eigenvalue weighted by atomic mass is 16.4. The summed E-state index contributed by atoms with van der Waals surface area (Å²) in [7, 11) is 0. The van der Waals surface area contributed by atoms with E-state index in [0.29, 0.717) is 25.7 Å². The molecule has 0 rings (SSSR count). The maximum Gasteiger partial charge on any atom is 0.326 e. The molecule has 0 heterocycles. The van der Waals surface area contributed by atoms with Gasteiger partial charge in [-0.05, 0) is 18.8 Å². The minimum absolute atomic E-state index is 0.0674. The molecule has 0 aliphatic rings. The molecule has 4 heteroatoms. The van der Waals surface area contributed by atoms with Crippen LogP contribution in [0.5, 0.6) is 0 Å². The second-order valence-corrected chi connectivity index (χ2v) is 4.18. The molecule has 0 bridgehead atoms. The first-order valence-electron chi connectivity index (χ1n) is 5.98. The molecule has 17 heavy (non-hydrogen) atoms. The van der Waals surface area contributed by atoms with Crippen molar-refractivity contribution in [3.63, 3.8) is 0 Å². The maximum atomic E-state index is 11.5. The van der Waals surface area contributed by atoms with Gasteiger partial charge in [0.25, 0.3) is 0 Å². The Morgan fingerprint density at radius 2 is 2.06 bits per heavy atom. The molecule has 1 amide bonds. The van der Waals surface area contributed by atoms with Crippen LogP contribution in [-0.4, -0.2) is 23.0 Å². The van der Waals surface area contributed by atoms with Crippen LogP contribution < -0.4 is 5.32 Å². The number of carboxylic acid groups (broad SMARTS) is 1. The maximum absolute atomic E-state index is 11.5. The molecule has 0 spiro atoms. The lowest BCUT2D eigenvalue weighted by Crippen LogP contribution is -2.44. The zero-order valence-electron chi connectivity index (χ0n) is 10.5. The van der Waals surface area contributed by atoms with Crippen molar-refractivity contribution >= 4 is 11.9 Å². The van der Waals surface area contributed by atoms with Gasteiger partial charge in [-0.1, -0.05) is 20.3 Å². The Morgan fingerprint density at radius 3 is 2.53 bits per heavy atom. The number of nitrogens with one attached hydrogen (secondary N) is 1. The van der Waals surface area contributed by atoms with Gasteiger partial charge in [0.15, 0.2) is 0 Å². The summed E-state index contributed by atoms with van der Waals surface area (Å²) in [5, 5.41) is 11.5. The highest BCUT2D eigenvalue weighted by molar-refractivity contribution is 5.83. The number of carboxylic acids is 1. The summed E-state index contributed by atoms with van der Waals surface area (Å²) in [6.45, 7) is 3.72. The van der Waals surface area contributed by atoms with Gasteiger partial charge in [-0.15, -0.1) is 12.3 Å². The zero-order valence-corrected chi connectivity index (χ0v) is 10.5. The molecule has 4 nitrogen and oxygen atoms in total. The predicted molar refractivity (Wildman–Crippen MR) is 66.3 cm³/mol. The standard InChI is InChI=1S/C13H21NO3/c1-4-6-7-8-9-11(15)14-12(13(16)17)10(3)5-2/h1,10,12H,5-9H2,2-3H3,(H,14,15)(H,16,17)/t10?,12-/m0/s1. The number of unbranched alkanes of at least 4 members (excludes halogenated alkanes) is 2. The summed E-state index contributed by atoms with van der Waals surface area (Å²) in [6, 6.07) is -0.792. The first-order valence-corrected chi connectivity index (χ1v) is 5.98. The van der Waals surface area contributed by atoms with Gasteiger partial charge < -0.3 is 10.4 Å². The van der Waals surface area contributed by atoms with E-state index in [1.54, 1.807) is 0 Å². The van der Waals surface area contributed by atoms with Crippen LogP contribution in [0.1, 0.15) is 46.0 Å². The third-order valence-electron chi connectivity index (χ3n) is 2.77. The summed E-state index contributed by atoms with van der Waals surface area (Å²) in [4.78, 5) is 22.5. The largest absolute Gasteiger partial charge is 0.480 e. The van der Waals surface area contributed by atoms with Crippen LogP contribution in [0.2, 0.25) is 0 Å². The summed E-state index contributed by atoms with van der Waals surface area (Å²) in [5.41, 5.74) is 0. The molecular weight excluding hydrogens is 218 g/mol. The van der Waals surface area contributed by atoms with Crippen molar-refractivity contribution < 1.29 is 14.7 Å². The molecule has 0 aliphatic carbocycles. The summed E-state index contributed by atoms with van der Waals surface area (Å²) >= 11 is 0. The normalized spacial score (nSPS) is 13.5. The zero-order chi connectivity index (χ0) is 13.3. The van der Waals surface area contributed by atoms with E-state index in [9.17, 15) is 9.59 Å². The van der Waals surface area contributed by atoms with Gasteiger partial charge in [-0.3, -0.25) is 4.79 Å². The number of aliphatic carboxylic acids is 1. The number of hydrogen-bond donors (Lipinski definition) is 2. The topological polar surface area (TPSA) is 66.4 Å². The molecule has 0 radical (unpaired) electrons. The monoisotopic (exact) mass is 239 g/mol. The van der Waals surface area contributed by atoms with Gasteiger partial charge in [0.05, 0.1) is 0 Å². The minimum atomic E-state index is -0.976. The number of amides is 1. The summed E-state index contributed by atoms with van der Waals surface area (Å²) in [5.74, 6) is 1.25. The second-order valence-electron chi connectivity index (χ2n) is 4.18. The first kappa shape index (κ1) is 15.5. The van der Waals surface area contributed by atoms with Gasteiger partial charge in [0, 0.05) is 12.8 Å². The van der Waals surface area contributed by atoms with Crippen LogP contribution in [-0.2, 0) is 9.59 Å². The summed E-state index contributed by atoms with van der Waals surface area (Å²) < 4.78 is 0. The Balaban J connectivity index is 4.05. The SMILES string of the molecule is C#CCCCCC(=O)N[C@H](C(=O)O)C(C)CC. The molecule has 2 atom stereocenters. The number of terminal acetylenes is 1. The van der Waals surface area contributed by atoms with E-state index in [1.165, 1.54) is 0 Å². The summed E-state index contributed by atoms with van der Waals surface area (Å²) in [6.07, 6.45) is 8.29. The molecule has 0 fully saturated rings. The first-order chi connectivity index (χ1) is 8.02. The molecule has 0 aromatic carbocycles. The molecule has 0 aliphatic heterocycles. The Bertz CT molecular complexity index is 294. The molecule has 0 saturated heterocycles. The van der Waals surface area contributed by atoms with E-state index in [4.69, 9.17) is 11.5 Å². The van der Waals surface area contributed by atoms with Crippen molar-refractivity contribution in [2.75, 3.05) is 0 Å². The third kappa shape index (κ3) is 6.62. The van der Waals surface area contributed by atoms with Crippen molar-refractivity contribution in [1.82, 2.24) is 5.32 Å². The molecule has 2 N–H and O–H groups in total. The highest BCUT2D eigenvalue weighted by Gasteiger charge is 2.24. The van der Waals surface area contributed by atoms with Crippen LogP contribution >= 0.6 is 0 Å². The fourth-order valence-corrected chi connectivity index (χ4v) is 1.44. The van der Waals surface area contributed by atoms with E-state index >= 15 is 0 Å². The lowest BCUT2D eigenvalue weighted by Gasteiger charge is -2.20. The predicted octanol–water partition coefficient (Wildman–Crippen LogP) is 1.80. The molecule has 1 unspecified atom stereocenters. The van der Waals surface area contributed by atoms with E-state index in [-0.39, 0.29) is 11.8 Å². The average molecular weight is 239 g/mol. The molecule has 0 aromatic rings. The fourth-order valence-electron chi connectivity index (χ4n) is 1.44. The molecule has 0 aromatic heterocycles. The van der Waals surface area contributed by atoms with Crippen molar-refractivity contribution in [3.8, 4) is 12.3 Å². The third-order valence-corrected chi connectivity index (χ3v) is 2.77. The van der Waals surface area contributed by atoms with Crippen molar-refractivity contribution in [2.45, 2.75) is 52.0 Å². The van der Waals surface area contributed by atoms with Crippen LogP contribution in [0.15, 0.2) is 0 Å². The Kier molecular flexibility index (Phi) is 7.87. The van der Waals surface area contributed by atoms with Gasteiger partial charge >= 0.3 is 5.97 Å². The smallest absolute Gasteiger partial charge is 0.326 e. The van der Waals surface area contributed by atoms with Crippen LogP contribution in [0.25, 0.3) is 0 Å². The lowest BCUT2D eigenvalue weighted by molar-refractivity contribution is -0.143. The number of hydrogen-bond acceptors (Lipinski definition) is 2. The van der Waals surface area contributed by atoms with Gasteiger partial charge in [0.2, 0.25) is 5.91 Å². The van der Waals surface area contributed by atoms with E-state index in [0.717, 1.165) is 6.42 Å². The van der Waals surface area contributed by atoms with Crippen molar-refractivity contribution in [1.29, 1.82) is 0 Å². The van der Waals surface area contributed by atoms with Gasteiger partial charge in [-0.2, -0.15) is 0 Å². The number of carbonyl (C=O) groups excluding carboxylic acids is 1. The van der Waals surface area contributed by atoms with E-state index < -0.39 is 12.0 Å². The average Bonchev–Trinajstić information content (AvgIpc) is 2.30. The minimum Gasteiger partial charge on any atom is -0.480 e. The fraction of sp³-hybridized carbons (Fsp3) is 0.692. The molecule has 0 saturated carbocycles. The molecular formula is C13H21NO3. The Morgan fingerprint density at radius 1 is 1.41 bits per heavy atom. The van der Waals surface area contributed by atoms with Gasteiger partial charge in [-0.25, -0.2) is 4.79 Å². The number of rotatable bonds is 8. The van der Waals surface area contributed by atoms with Crippen molar-refractivity contribution in [3.05, 3.63) is 0 Å². The van der Waals surface area contributed by atoms with Gasteiger partial charge in [0.1, 0.15) is 6.04 Å². The van der Waals surface area contributed by atoms with E-state index in [1.807, 2.05) is 13.8 Å². The lowest BCUT2D eigenvalue weighted by atomic mass is 9.99. The van der Waals surface area contributed by atoms with Crippen molar-refractivity contribution in [2.24, 2.45) is 5.92 Å². The molecule has 96 valence electrons. The second kappa shape index (κ2) is 8.63. The van der Waals surface area contributed by atoms with Crippen LogP contribution in [0.4, 0.5) is 0 Å². The number of carbonyl (C=O) groups is 2. The Hall–Kier alpha value is -1.50. The quantitative estimate of drug-likeness (QED) is 0.501. The van der Waals surface area contributed by atoms with E-state index in [2.05, 4.69) is 11.2 Å². The van der Waals surface area contributed by atoms with Crippen LogP contribution in [0.3, 0.4) is 0 Å². The highest BCUT2D eigenvalue weighted by Crippen LogP contribution is 2.08.